The lowest BCUT2D eigenvalue weighted by molar-refractivity contribution is -0.257. The van der Waals surface area contributed by atoms with E-state index in [1.807, 2.05) is 34.6 Å². The van der Waals surface area contributed by atoms with Crippen molar-refractivity contribution in [2.75, 3.05) is 0 Å². The second-order valence-electron chi connectivity index (χ2n) is 6.41. The molecular weight excluding hydrogens is 217 g/mol. The van der Waals surface area contributed by atoms with Crippen LogP contribution in [0.25, 0.3) is 0 Å². The fraction of sp³-hybridized carbons (Fsp3) is 1.00. The lowest BCUT2D eigenvalue weighted by Crippen LogP contribution is -2.43. The van der Waals surface area contributed by atoms with Crippen LogP contribution in [0.5, 0.6) is 0 Å². The highest BCUT2D eigenvalue weighted by Gasteiger charge is 2.50. The number of hydrogen-bond donors (Lipinski definition) is 1. The van der Waals surface area contributed by atoms with Crippen LogP contribution < -0.4 is 0 Å². The molecule has 0 aliphatic rings. The van der Waals surface area contributed by atoms with E-state index in [2.05, 4.69) is 0 Å². The van der Waals surface area contributed by atoms with Crippen LogP contribution in [-0.2, 0) is 0 Å². The third-order valence-electron chi connectivity index (χ3n) is 3.88. The Bertz CT molecular complexity index is 208. The van der Waals surface area contributed by atoms with Crippen LogP contribution in [0, 0.1) is 10.8 Å². The second kappa shape index (κ2) is 4.21. The molecule has 4 heteroatoms. The predicted octanol–water partition coefficient (Wildman–Crippen LogP) is 4.15. The molecule has 0 aliphatic carbocycles. The van der Waals surface area contributed by atoms with Crippen molar-refractivity contribution in [1.29, 1.82) is 0 Å². The van der Waals surface area contributed by atoms with E-state index in [9.17, 15) is 18.3 Å². The summed E-state index contributed by atoms with van der Waals surface area (Å²) in [6, 6.07) is 0. The molecule has 0 aromatic heterocycles. The maximum absolute atomic E-state index is 12.5. The van der Waals surface area contributed by atoms with Gasteiger partial charge in [-0.1, -0.05) is 34.6 Å². The summed E-state index contributed by atoms with van der Waals surface area (Å²) in [6.07, 6.45) is -4.48. The fourth-order valence-corrected chi connectivity index (χ4v) is 1.07. The molecule has 16 heavy (non-hydrogen) atoms. The van der Waals surface area contributed by atoms with Crippen molar-refractivity contribution in [3.05, 3.63) is 0 Å². The number of alkyl halides is 3. The maximum Gasteiger partial charge on any atom is 0.416 e. The summed E-state index contributed by atoms with van der Waals surface area (Å²) in [5.74, 6) is 0. The van der Waals surface area contributed by atoms with Crippen LogP contribution in [0.3, 0.4) is 0 Å². The summed E-state index contributed by atoms with van der Waals surface area (Å²) < 4.78 is 37.4. The normalized spacial score (nSPS) is 18.4. The molecule has 0 heterocycles. The van der Waals surface area contributed by atoms with E-state index in [-0.39, 0.29) is 17.3 Å². The van der Waals surface area contributed by atoms with Gasteiger partial charge in [-0.2, -0.15) is 13.2 Å². The van der Waals surface area contributed by atoms with E-state index in [4.69, 9.17) is 0 Å². The Hall–Kier alpha value is -0.250. The minimum atomic E-state index is -4.55. The van der Waals surface area contributed by atoms with Crippen molar-refractivity contribution < 1.29 is 18.3 Å². The first-order chi connectivity index (χ1) is 6.71. The molecular formula is C12H23F3O. The van der Waals surface area contributed by atoms with E-state index < -0.39 is 11.8 Å². The van der Waals surface area contributed by atoms with E-state index >= 15 is 0 Å². The van der Waals surface area contributed by atoms with Crippen molar-refractivity contribution in [3.63, 3.8) is 0 Å². The maximum atomic E-state index is 12.5. The van der Waals surface area contributed by atoms with Gasteiger partial charge >= 0.3 is 6.18 Å². The van der Waals surface area contributed by atoms with Crippen molar-refractivity contribution in [3.8, 4) is 0 Å². The zero-order valence-corrected chi connectivity index (χ0v) is 11.0. The highest BCUT2D eigenvalue weighted by molar-refractivity contribution is 4.88. The summed E-state index contributed by atoms with van der Waals surface area (Å²) in [5, 5.41) is 9.36. The molecule has 0 bridgehead atoms. The Labute approximate surface area is 96.0 Å². The van der Waals surface area contributed by atoms with Gasteiger partial charge in [0, 0.05) is 0 Å². The minimum absolute atomic E-state index is 0.0886. The molecule has 1 atom stereocenters. The number of aliphatic hydroxyl groups is 1. The largest absolute Gasteiger partial charge is 0.416 e. The van der Waals surface area contributed by atoms with Crippen LogP contribution in [0.2, 0.25) is 0 Å². The molecule has 0 aliphatic heterocycles. The summed E-state index contributed by atoms with van der Waals surface area (Å²) in [7, 11) is 0. The van der Waals surface area contributed by atoms with Gasteiger partial charge in [-0.25, -0.2) is 0 Å². The van der Waals surface area contributed by atoms with E-state index in [1.165, 1.54) is 0 Å². The van der Waals surface area contributed by atoms with E-state index in [1.54, 1.807) is 0 Å². The van der Waals surface area contributed by atoms with Crippen LogP contribution in [-0.4, -0.2) is 16.9 Å². The van der Waals surface area contributed by atoms with E-state index in [0.29, 0.717) is 6.42 Å². The molecule has 0 saturated carbocycles. The molecule has 0 amide bonds. The Kier molecular flexibility index (Phi) is 4.14. The van der Waals surface area contributed by atoms with Gasteiger partial charge in [-0.15, -0.1) is 0 Å². The predicted molar refractivity (Wildman–Crippen MR) is 59.1 cm³/mol. The molecule has 1 unspecified atom stereocenters. The quantitative estimate of drug-likeness (QED) is 0.785. The first-order valence-corrected chi connectivity index (χ1v) is 5.50. The van der Waals surface area contributed by atoms with Crippen molar-refractivity contribution >= 4 is 0 Å². The fourth-order valence-electron chi connectivity index (χ4n) is 1.07. The van der Waals surface area contributed by atoms with Crippen molar-refractivity contribution in [1.82, 2.24) is 0 Å². The SMILES string of the molecule is CC(C)(C)C(C)(C)CCC(C)(O)C(F)(F)F. The van der Waals surface area contributed by atoms with Crippen LogP contribution in [0.15, 0.2) is 0 Å². The van der Waals surface area contributed by atoms with Gasteiger partial charge in [0.05, 0.1) is 0 Å². The molecule has 0 aromatic rings. The van der Waals surface area contributed by atoms with Gasteiger partial charge in [0.15, 0.2) is 5.60 Å². The first kappa shape index (κ1) is 15.8. The lowest BCUT2D eigenvalue weighted by Gasteiger charge is -2.41. The molecule has 0 radical (unpaired) electrons. The number of halogens is 3. The zero-order chi connectivity index (χ0) is 13.4. The van der Waals surface area contributed by atoms with Gasteiger partial charge in [-0.3, -0.25) is 0 Å². The van der Waals surface area contributed by atoms with Crippen LogP contribution in [0.4, 0.5) is 13.2 Å². The average molecular weight is 240 g/mol. The second-order valence-corrected chi connectivity index (χ2v) is 6.41. The average Bonchev–Trinajstić information content (AvgIpc) is 1.97. The monoisotopic (exact) mass is 240 g/mol. The topological polar surface area (TPSA) is 20.2 Å². The molecule has 0 rings (SSSR count). The van der Waals surface area contributed by atoms with Crippen LogP contribution in [0.1, 0.15) is 54.4 Å². The number of hydrogen-bond acceptors (Lipinski definition) is 1. The van der Waals surface area contributed by atoms with Gasteiger partial charge in [0.2, 0.25) is 0 Å². The first-order valence-electron chi connectivity index (χ1n) is 5.50. The van der Waals surface area contributed by atoms with Crippen molar-refractivity contribution in [2.45, 2.75) is 66.2 Å². The molecule has 0 fully saturated rings. The minimum Gasteiger partial charge on any atom is -0.381 e. The highest BCUT2D eigenvalue weighted by atomic mass is 19.4. The Morgan fingerprint density at radius 3 is 1.44 bits per heavy atom. The molecule has 0 saturated heterocycles. The summed E-state index contributed by atoms with van der Waals surface area (Å²) in [4.78, 5) is 0. The molecule has 1 N–H and O–H groups in total. The molecule has 0 spiro atoms. The Balaban J connectivity index is 4.59. The highest BCUT2D eigenvalue weighted by Crippen LogP contribution is 2.44. The molecule has 98 valence electrons. The summed E-state index contributed by atoms with van der Waals surface area (Å²) >= 11 is 0. The van der Waals surface area contributed by atoms with Gasteiger partial charge in [0.25, 0.3) is 0 Å². The number of rotatable bonds is 3. The van der Waals surface area contributed by atoms with Crippen molar-refractivity contribution in [2.24, 2.45) is 10.8 Å². The Morgan fingerprint density at radius 2 is 1.19 bits per heavy atom. The summed E-state index contributed by atoms with van der Waals surface area (Å²) in [5.41, 5.74) is -2.92. The molecule has 1 nitrogen and oxygen atoms in total. The smallest absolute Gasteiger partial charge is 0.381 e. The van der Waals surface area contributed by atoms with Gasteiger partial charge < -0.3 is 5.11 Å². The third kappa shape index (κ3) is 3.65. The van der Waals surface area contributed by atoms with Gasteiger partial charge in [0.1, 0.15) is 0 Å². The Morgan fingerprint density at radius 1 is 0.812 bits per heavy atom. The molecule has 0 aromatic carbocycles. The zero-order valence-electron chi connectivity index (χ0n) is 11.0. The standard InChI is InChI=1S/C12H23F3O/c1-9(2,3)10(4,5)7-8-11(6,16)12(13,14)15/h16H,7-8H2,1-6H3. The van der Waals surface area contributed by atoms with Gasteiger partial charge in [-0.05, 0) is 30.6 Å². The summed E-state index contributed by atoms with van der Waals surface area (Å²) in [6.45, 7) is 10.7. The van der Waals surface area contributed by atoms with E-state index in [0.717, 1.165) is 6.92 Å². The third-order valence-corrected chi connectivity index (χ3v) is 3.88. The van der Waals surface area contributed by atoms with Crippen LogP contribution >= 0.6 is 0 Å². The lowest BCUT2D eigenvalue weighted by atomic mass is 9.66.